The Kier molecular flexibility index (Phi) is 3.96. The van der Waals surface area contributed by atoms with Crippen molar-refractivity contribution in [2.24, 2.45) is 5.41 Å². The number of amides is 2. The van der Waals surface area contributed by atoms with Crippen molar-refractivity contribution in [1.29, 1.82) is 0 Å². The lowest BCUT2D eigenvalue weighted by Crippen LogP contribution is -2.66. The second kappa shape index (κ2) is 6.35. The monoisotopic (exact) mass is 416 g/mol. The molecule has 1 saturated heterocycles. The fourth-order valence-corrected chi connectivity index (χ4v) is 4.52. The number of anilines is 3. The van der Waals surface area contributed by atoms with Crippen LogP contribution in [0.2, 0.25) is 0 Å². The third-order valence-corrected chi connectivity index (χ3v) is 5.67. The lowest BCUT2D eigenvalue weighted by molar-refractivity contribution is -0.170. The van der Waals surface area contributed by atoms with E-state index in [4.69, 9.17) is 0 Å². The molecule has 3 N–H and O–H groups in total. The van der Waals surface area contributed by atoms with E-state index in [1.54, 1.807) is 6.07 Å². The van der Waals surface area contributed by atoms with Crippen LogP contribution in [0.4, 0.5) is 35.2 Å². The van der Waals surface area contributed by atoms with Crippen molar-refractivity contribution < 1.29 is 18.0 Å². The van der Waals surface area contributed by atoms with Crippen LogP contribution in [0.15, 0.2) is 30.7 Å². The van der Waals surface area contributed by atoms with Gasteiger partial charge in [-0.15, -0.1) is 0 Å². The number of urea groups is 1. The Morgan fingerprint density at radius 1 is 1.17 bits per heavy atom. The second-order valence-corrected chi connectivity index (χ2v) is 8.26. The van der Waals surface area contributed by atoms with E-state index in [0.29, 0.717) is 35.5 Å². The molecular formula is C20H19F3N6O. The van der Waals surface area contributed by atoms with Gasteiger partial charge in [0, 0.05) is 42.9 Å². The molecule has 3 aromatic heterocycles. The molecule has 1 saturated carbocycles. The number of carbonyl (C=O) groups is 1. The van der Waals surface area contributed by atoms with Crippen LogP contribution in [0.3, 0.4) is 0 Å². The van der Waals surface area contributed by atoms with Crippen LogP contribution in [0, 0.1) is 18.2 Å². The first-order chi connectivity index (χ1) is 14.2. The summed E-state index contributed by atoms with van der Waals surface area (Å²) in [6, 6.07) is 2.56. The molecule has 0 aromatic carbocycles. The highest BCUT2D eigenvalue weighted by atomic mass is 19.3. The van der Waals surface area contributed by atoms with Gasteiger partial charge < -0.3 is 20.5 Å². The van der Waals surface area contributed by atoms with E-state index >= 15 is 0 Å². The average molecular weight is 416 g/mol. The first kappa shape index (κ1) is 18.7. The molecule has 2 aliphatic rings. The number of hydrogen-bond donors (Lipinski definition) is 3. The number of alkyl halides is 2. The van der Waals surface area contributed by atoms with Crippen molar-refractivity contribution >= 4 is 34.3 Å². The molecule has 7 nitrogen and oxygen atoms in total. The Bertz CT molecular complexity index is 1140. The lowest BCUT2D eigenvalue weighted by Gasteiger charge is -2.59. The van der Waals surface area contributed by atoms with Gasteiger partial charge in [0.25, 0.3) is 0 Å². The number of rotatable bonds is 3. The highest BCUT2D eigenvalue weighted by Gasteiger charge is 2.62. The molecule has 3 aromatic rings. The SMILES string of the molecule is Cc1cc(NC(=O)Nc2c[nH]c3ncc(F)cc23)cnc1N1CC2(C1)CC(F)(F)C2. The number of aryl methyl sites for hydroxylation is 1. The summed E-state index contributed by atoms with van der Waals surface area (Å²) in [5.74, 6) is -2.29. The van der Waals surface area contributed by atoms with Gasteiger partial charge in [0.1, 0.15) is 17.3 Å². The number of aromatic nitrogens is 3. The van der Waals surface area contributed by atoms with Crippen molar-refractivity contribution in [2.75, 3.05) is 28.6 Å². The molecule has 0 atom stereocenters. The number of fused-ring (bicyclic) bond motifs is 1. The molecule has 30 heavy (non-hydrogen) atoms. The Labute approximate surface area is 169 Å². The molecule has 1 aliphatic carbocycles. The van der Waals surface area contributed by atoms with Crippen LogP contribution < -0.4 is 15.5 Å². The van der Waals surface area contributed by atoms with Crippen LogP contribution in [0.5, 0.6) is 0 Å². The molecule has 4 heterocycles. The summed E-state index contributed by atoms with van der Waals surface area (Å²) >= 11 is 0. The molecule has 10 heteroatoms. The molecule has 1 aliphatic heterocycles. The average Bonchev–Trinajstić information content (AvgIpc) is 3.00. The summed E-state index contributed by atoms with van der Waals surface area (Å²) in [6.07, 6.45) is 4.05. The molecule has 156 valence electrons. The minimum atomic E-state index is -2.53. The highest BCUT2D eigenvalue weighted by Crippen LogP contribution is 2.57. The zero-order valence-electron chi connectivity index (χ0n) is 16.1. The largest absolute Gasteiger partial charge is 0.355 e. The van der Waals surface area contributed by atoms with Gasteiger partial charge >= 0.3 is 6.03 Å². The van der Waals surface area contributed by atoms with E-state index in [0.717, 1.165) is 17.6 Å². The van der Waals surface area contributed by atoms with Crippen molar-refractivity contribution in [3.05, 3.63) is 42.1 Å². The fourth-order valence-electron chi connectivity index (χ4n) is 4.52. The van der Waals surface area contributed by atoms with E-state index < -0.39 is 17.8 Å². The van der Waals surface area contributed by atoms with Crippen molar-refractivity contribution in [3.8, 4) is 0 Å². The van der Waals surface area contributed by atoms with E-state index in [2.05, 4.69) is 25.6 Å². The second-order valence-electron chi connectivity index (χ2n) is 8.26. The number of hydrogen-bond acceptors (Lipinski definition) is 4. The van der Waals surface area contributed by atoms with Gasteiger partial charge in [0.05, 0.1) is 23.8 Å². The van der Waals surface area contributed by atoms with Gasteiger partial charge in [-0.3, -0.25) is 0 Å². The minimum absolute atomic E-state index is 0.0530. The van der Waals surface area contributed by atoms with Crippen LogP contribution in [0.25, 0.3) is 11.0 Å². The van der Waals surface area contributed by atoms with Crippen molar-refractivity contribution in [2.45, 2.75) is 25.7 Å². The maximum Gasteiger partial charge on any atom is 0.323 e. The van der Waals surface area contributed by atoms with E-state index in [9.17, 15) is 18.0 Å². The van der Waals surface area contributed by atoms with Crippen LogP contribution in [-0.2, 0) is 0 Å². The Hall–Kier alpha value is -3.30. The van der Waals surface area contributed by atoms with E-state index in [1.165, 1.54) is 18.5 Å². The van der Waals surface area contributed by atoms with Crippen molar-refractivity contribution in [1.82, 2.24) is 15.0 Å². The summed E-state index contributed by atoms with van der Waals surface area (Å²) in [4.78, 5) is 25.5. The number of halogens is 3. The number of carbonyl (C=O) groups excluding carboxylic acids is 1. The van der Waals surface area contributed by atoms with Gasteiger partial charge in [0.15, 0.2) is 0 Å². The molecule has 0 bridgehead atoms. The van der Waals surface area contributed by atoms with Gasteiger partial charge in [-0.25, -0.2) is 27.9 Å². The minimum Gasteiger partial charge on any atom is -0.355 e. The summed E-state index contributed by atoms with van der Waals surface area (Å²) in [7, 11) is 0. The zero-order chi connectivity index (χ0) is 21.1. The molecule has 0 radical (unpaired) electrons. The third-order valence-electron chi connectivity index (χ3n) is 5.67. The maximum absolute atomic E-state index is 13.4. The fraction of sp³-hybridized carbons (Fsp3) is 0.350. The standard InChI is InChI=1S/C20H19F3N6O/c1-11-2-13(5-26-17(11)29-9-19(10-29)7-20(22,23)8-19)27-18(30)28-15-6-25-16-14(15)3-12(21)4-24-16/h2-6H,7-10H2,1H3,(H,24,25)(H2,27,28,30). The Balaban J connectivity index is 1.23. The molecule has 5 rings (SSSR count). The van der Waals surface area contributed by atoms with Crippen molar-refractivity contribution in [3.63, 3.8) is 0 Å². The maximum atomic E-state index is 13.4. The zero-order valence-corrected chi connectivity index (χ0v) is 16.1. The number of pyridine rings is 2. The summed E-state index contributed by atoms with van der Waals surface area (Å²) in [6.45, 7) is 3.02. The topological polar surface area (TPSA) is 85.9 Å². The Morgan fingerprint density at radius 3 is 2.63 bits per heavy atom. The smallest absolute Gasteiger partial charge is 0.323 e. The summed E-state index contributed by atoms with van der Waals surface area (Å²) in [5, 5.41) is 5.81. The van der Waals surface area contributed by atoms with Gasteiger partial charge in [0.2, 0.25) is 5.92 Å². The predicted molar refractivity (Wildman–Crippen MR) is 106 cm³/mol. The first-order valence-corrected chi connectivity index (χ1v) is 9.52. The van der Waals surface area contributed by atoms with Crippen LogP contribution >= 0.6 is 0 Å². The lowest BCUT2D eigenvalue weighted by atomic mass is 9.61. The van der Waals surface area contributed by atoms with Crippen LogP contribution in [0.1, 0.15) is 18.4 Å². The van der Waals surface area contributed by atoms with Gasteiger partial charge in [-0.1, -0.05) is 0 Å². The molecule has 2 amide bonds. The quantitative estimate of drug-likeness (QED) is 0.595. The Morgan fingerprint density at radius 2 is 1.93 bits per heavy atom. The third kappa shape index (κ3) is 3.21. The van der Waals surface area contributed by atoms with Crippen LogP contribution in [-0.4, -0.2) is 40.0 Å². The normalized spacial score (nSPS) is 18.7. The number of nitrogens with zero attached hydrogens (tertiary/aromatic N) is 3. The van der Waals surface area contributed by atoms with Gasteiger partial charge in [-0.2, -0.15) is 0 Å². The van der Waals surface area contributed by atoms with Gasteiger partial charge in [-0.05, 0) is 24.6 Å². The molecular weight excluding hydrogens is 397 g/mol. The van der Waals surface area contributed by atoms with E-state index in [1.807, 2.05) is 11.8 Å². The number of aromatic amines is 1. The first-order valence-electron chi connectivity index (χ1n) is 9.52. The number of nitrogens with one attached hydrogen (secondary N) is 3. The molecule has 2 fully saturated rings. The predicted octanol–water partition coefficient (Wildman–Crippen LogP) is 4.28. The summed E-state index contributed by atoms with van der Waals surface area (Å²) in [5.41, 5.74) is 1.92. The van der Waals surface area contributed by atoms with E-state index in [-0.39, 0.29) is 18.3 Å². The highest BCUT2D eigenvalue weighted by molar-refractivity contribution is 6.05. The molecule has 1 spiro atoms. The number of H-pyrrole nitrogens is 1. The molecule has 0 unspecified atom stereocenters. The summed E-state index contributed by atoms with van der Waals surface area (Å²) < 4.78 is 39.8.